The van der Waals surface area contributed by atoms with Crippen LogP contribution in [0.5, 0.6) is 0 Å². The Kier molecular flexibility index (Phi) is 4.49. The zero-order chi connectivity index (χ0) is 18.6. The van der Waals surface area contributed by atoms with Crippen molar-refractivity contribution in [3.63, 3.8) is 0 Å². The zero-order valence-electron chi connectivity index (χ0n) is 15.6. The van der Waals surface area contributed by atoms with E-state index in [0.717, 1.165) is 65.7 Å². The van der Waals surface area contributed by atoms with Gasteiger partial charge in [-0.2, -0.15) is 0 Å². The molecule has 1 saturated heterocycles. The summed E-state index contributed by atoms with van der Waals surface area (Å²) in [5.74, 6) is 2.53. The van der Waals surface area contributed by atoms with Crippen LogP contribution in [0.25, 0.3) is 0 Å². The van der Waals surface area contributed by atoms with Gasteiger partial charge < -0.3 is 10.2 Å². The highest BCUT2D eigenvalue weighted by Gasteiger charge is 2.56. The first kappa shape index (κ1) is 18.0. The summed E-state index contributed by atoms with van der Waals surface area (Å²) in [7, 11) is 0. The predicted molar refractivity (Wildman–Crippen MR) is 113 cm³/mol. The minimum Gasteiger partial charge on any atom is -0.330 e. The van der Waals surface area contributed by atoms with Gasteiger partial charge in [-0.25, -0.2) is 0 Å². The fraction of sp³-hybridized carbons (Fsp3) is 0.636. The standard InChI is InChI=1S/C22H27IN2O2/c23-17-3-5-18(6-4-17)24-20(26)19-2-1-7-25(19)21(27)22-11-14-8-15(12-22)10-16(9-14)13-22/h3-6,14-16,19H,1-2,7-13H2,(H,24,26)/t14?,15?,16?,19-,22?/m0/s1. The van der Waals surface area contributed by atoms with Crippen LogP contribution in [0, 0.1) is 26.7 Å². The molecule has 4 bridgehead atoms. The van der Waals surface area contributed by atoms with Crippen LogP contribution < -0.4 is 5.32 Å². The molecule has 6 rings (SSSR count). The van der Waals surface area contributed by atoms with E-state index < -0.39 is 0 Å². The smallest absolute Gasteiger partial charge is 0.247 e. The largest absolute Gasteiger partial charge is 0.330 e. The van der Waals surface area contributed by atoms with Crippen molar-refractivity contribution in [3.8, 4) is 0 Å². The van der Waals surface area contributed by atoms with Crippen molar-refractivity contribution in [2.45, 2.75) is 57.4 Å². The van der Waals surface area contributed by atoms with Gasteiger partial charge in [0.25, 0.3) is 0 Å². The maximum atomic E-state index is 13.7. The number of benzene rings is 1. The van der Waals surface area contributed by atoms with Crippen molar-refractivity contribution in [2.24, 2.45) is 23.2 Å². The van der Waals surface area contributed by atoms with Crippen LogP contribution in [0.1, 0.15) is 51.4 Å². The quantitative estimate of drug-likeness (QED) is 0.654. The molecule has 1 aromatic carbocycles. The van der Waals surface area contributed by atoms with E-state index in [2.05, 4.69) is 27.9 Å². The summed E-state index contributed by atoms with van der Waals surface area (Å²) in [5, 5.41) is 3.03. The van der Waals surface area contributed by atoms with Crippen LogP contribution in [0.4, 0.5) is 5.69 Å². The van der Waals surface area contributed by atoms with Crippen molar-refractivity contribution < 1.29 is 9.59 Å². The molecule has 1 aliphatic heterocycles. The monoisotopic (exact) mass is 478 g/mol. The van der Waals surface area contributed by atoms with Gasteiger partial charge in [-0.15, -0.1) is 0 Å². The van der Waals surface area contributed by atoms with E-state index in [-0.39, 0.29) is 17.4 Å². The summed E-state index contributed by atoms with van der Waals surface area (Å²) >= 11 is 2.26. The summed E-state index contributed by atoms with van der Waals surface area (Å²) in [6, 6.07) is 7.54. The van der Waals surface area contributed by atoms with Crippen LogP contribution >= 0.6 is 22.6 Å². The first-order chi connectivity index (χ1) is 13.0. The fourth-order valence-electron chi connectivity index (χ4n) is 6.72. The third kappa shape index (κ3) is 3.19. The first-order valence-corrected chi connectivity index (χ1v) is 11.5. The van der Waals surface area contributed by atoms with Gasteiger partial charge in [0.2, 0.25) is 11.8 Å². The molecule has 5 fully saturated rings. The van der Waals surface area contributed by atoms with Crippen LogP contribution in [-0.4, -0.2) is 29.3 Å². The topological polar surface area (TPSA) is 49.4 Å². The van der Waals surface area contributed by atoms with Crippen molar-refractivity contribution in [3.05, 3.63) is 27.8 Å². The fourth-order valence-corrected chi connectivity index (χ4v) is 7.08. The Morgan fingerprint density at radius 3 is 2.19 bits per heavy atom. The molecule has 0 unspecified atom stereocenters. The number of carbonyl (C=O) groups excluding carboxylic acids is 2. The average molecular weight is 478 g/mol. The highest BCUT2D eigenvalue weighted by atomic mass is 127. The second-order valence-corrected chi connectivity index (χ2v) is 10.6. The van der Waals surface area contributed by atoms with E-state index in [1.165, 1.54) is 19.3 Å². The normalized spacial score (nSPS) is 36.9. The molecule has 4 aliphatic carbocycles. The summed E-state index contributed by atoms with van der Waals surface area (Å²) in [6.07, 6.45) is 8.94. The number of carbonyl (C=O) groups is 2. The van der Waals surface area contributed by atoms with Crippen molar-refractivity contribution in [1.82, 2.24) is 4.90 Å². The Hall–Kier alpha value is -1.11. The maximum absolute atomic E-state index is 13.7. The molecular weight excluding hydrogens is 451 g/mol. The third-order valence-corrected chi connectivity index (χ3v) is 8.14. The molecule has 4 saturated carbocycles. The number of nitrogens with one attached hydrogen (secondary N) is 1. The van der Waals surface area contributed by atoms with E-state index in [0.29, 0.717) is 5.91 Å². The lowest BCUT2D eigenvalue weighted by Crippen LogP contribution is -2.56. The maximum Gasteiger partial charge on any atom is 0.247 e. The molecule has 144 valence electrons. The van der Waals surface area contributed by atoms with Gasteiger partial charge >= 0.3 is 0 Å². The molecule has 0 radical (unpaired) electrons. The van der Waals surface area contributed by atoms with Crippen molar-refractivity contribution in [1.29, 1.82) is 0 Å². The predicted octanol–water partition coefficient (Wildman–Crippen LogP) is 4.44. The van der Waals surface area contributed by atoms with E-state index in [1.54, 1.807) is 0 Å². The summed E-state index contributed by atoms with van der Waals surface area (Å²) in [4.78, 5) is 28.5. The lowest BCUT2D eigenvalue weighted by Gasteiger charge is -2.56. The minimum absolute atomic E-state index is 0.0215. The lowest BCUT2D eigenvalue weighted by atomic mass is 9.49. The highest BCUT2D eigenvalue weighted by Crippen LogP contribution is 2.60. The van der Waals surface area contributed by atoms with E-state index in [1.807, 2.05) is 29.2 Å². The number of rotatable bonds is 3. The molecule has 1 N–H and O–H groups in total. The number of amides is 2. The minimum atomic E-state index is -0.301. The SMILES string of the molecule is O=C(Nc1ccc(I)cc1)[C@@H]1CCCN1C(=O)C12CC3CC(CC(C3)C1)C2. The highest BCUT2D eigenvalue weighted by molar-refractivity contribution is 14.1. The number of hydrogen-bond donors (Lipinski definition) is 1. The number of hydrogen-bond acceptors (Lipinski definition) is 2. The summed E-state index contributed by atoms with van der Waals surface area (Å²) < 4.78 is 1.14. The second kappa shape index (κ2) is 6.75. The Balaban J connectivity index is 1.32. The van der Waals surface area contributed by atoms with Crippen LogP contribution in [0.2, 0.25) is 0 Å². The van der Waals surface area contributed by atoms with Gasteiger partial charge in [-0.05, 0) is 116 Å². The van der Waals surface area contributed by atoms with Crippen molar-refractivity contribution >= 4 is 40.1 Å². The second-order valence-electron chi connectivity index (χ2n) is 9.35. The molecule has 5 heteroatoms. The van der Waals surface area contributed by atoms with Crippen LogP contribution in [0.15, 0.2) is 24.3 Å². The molecule has 0 aromatic heterocycles. The van der Waals surface area contributed by atoms with Gasteiger partial charge in [0, 0.05) is 15.8 Å². The molecule has 4 nitrogen and oxygen atoms in total. The Bertz CT molecular complexity index is 725. The van der Waals surface area contributed by atoms with E-state index in [9.17, 15) is 9.59 Å². The first-order valence-electron chi connectivity index (χ1n) is 10.4. The summed E-state index contributed by atoms with van der Waals surface area (Å²) in [6.45, 7) is 0.741. The molecule has 0 spiro atoms. The molecule has 27 heavy (non-hydrogen) atoms. The van der Waals surface area contributed by atoms with Gasteiger partial charge in [0.15, 0.2) is 0 Å². The number of likely N-dealkylation sites (tertiary alicyclic amines) is 1. The summed E-state index contributed by atoms with van der Waals surface area (Å²) in [5.41, 5.74) is 0.662. The molecular formula is C22H27IN2O2. The molecule has 1 aromatic rings. The average Bonchev–Trinajstić information content (AvgIpc) is 3.11. The number of halogens is 1. The van der Waals surface area contributed by atoms with Gasteiger partial charge in [-0.1, -0.05) is 0 Å². The Morgan fingerprint density at radius 1 is 1.00 bits per heavy atom. The zero-order valence-corrected chi connectivity index (χ0v) is 17.8. The van der Waals surface area contributed by atoms with E-state index in [4.69, 9.17) is 0 Å². The Morgan fingerprint density at radius 2 is 1.59 bits per heavy atom. The van der Waals surface area contributed by atoms with Crippen LogP contribution in [-0.2, 0) is 9.59 Å². The third-order valence-electron chi connectivity index (χ3n) is 7.42. The van der Waals surface area contributed by atoms with Gasteiger partial charge in [0.05, 0.1) is 5.41 Å². The Labute approximate surface area is 174 Å². The van der Waals surface area contributed by atoms with Crippen molar-refractivity contribution in [2.75, 3.05) is 11.9 Å². The lowest BCUT2D eigenvalue weighted by molar-refractivity contribution is -0.160. The van der Waals surface area contributed by atoms with Gasteiger partial charge in [-0.3, -0.25) is 9.59 Å². The van der Waals surface area contributed by atoms with Gasteiger partial charge in [0.1, 0.15) is 6.04 Å². The van der Waals surface area contributed by atoms with Crippen LogP contribution in [0.3, 0.4) is 0 Å². The molecule has 1 heterocycles. The molecule has 2 amide bonds. The number of anilines is 1. The molecule has 5 aliphatic rings. The number of nitrogens with zero attached hydrogens (tertiary/aromatic N) is 1. The van der Waals surface area contributed by atoms with E-state index >= 15 is 0 Å². The molecule has 1 atom stereocenters.